The molecule has 2 aromatic rings. The summed E-state index contributed by atoms with van der Waals surface area (Å²) in [6, 6.07) is 5.81. The zero-order chi connectivity index (χ0) is 20.3. The number of likely N-dealkylation sites (tertiary alicyclic amines) is 1. The molecule has 0 saturated carbocycles. The van der Waals surface area contributed by atoms with E-state index in [1.165, 1.54) is 11.0 Å². The average Bonchev–Trinajstić information content (AvgIpc) is 3.18. The van der Waals surface area contributed by atoms with Crippen molar-refractivity contribution in [1.82, 2.24) is 14.8 Å². The quantitative estimate of drug-likeness (QED) is 0.827. The van der Waals surface area contributed by atoms with Crippen molar-refractivity contribution in [3.8, 4) is 11.5 Å². The van der Waals surface area contributed by atoms with Crippen LogP contribution in [0.2, 0.25) is 0 Å². The molecule has 2 N–H and O–H groups in total. The number of carbonyl (C=O) groups excluding carboxylic acids is 2. The number of pyridine rings is 1. The highest BCUT2D eigenvalue weighted by Gasteiger charge is 2.37. The Labute approximate surface area is 164 Å². The van der Waals surface area contributed by atoms with Crippen LogP contribution in [0.5, 0.6) is 11.5 Å². The van der Waals surface area contributed by atoms with Gasteiger partial charge in [0, 0.05) is 38.1 Å². The van der Waals surface area contributed by atoms with Crippen molar-refractivity contribution < 1.29 is 19.8 Å². The van der Waals surface area contributed by atoms with Crippen LogP contribution < -0.4 is 0 Å². The van der Waals surface area contributed by atoms with Crippen LogP contribution in [0, 0.1) is 6.92 Å². The van der Waals surface area contributed by atoms with E-state index < -0.39 is 11.9 Å². The van der Waals surface area contributed by atoms with Crippen molar-refractivity contribution in [2.75, 3.05) is 13.1 Å². The average molecular weight is 383 g/mol. The number of likely N-dealkylation sites (N-methyl/N-ethyl adjacent to an activating group) is 1. The van der Waals surface area contributed by atoms with Crippen LogP contribution in [0.3, 0.4) is 0 Å². The lowest BCUT2D eigenvalue weighted by Crippen LogP contribution is -2.47. The molecule has 7 heteroatoms. The van der Waals surface area contributed by atoms with Gasteiger partial charge in [-0.3, -0.25) is 14.6 Å². The van der Waals surface area contributed by atoms with E-state index in [0.717, 1.165) is 18.1 Å². The summed E-state index contributed by atoms with van der Waals surface area (Å²) in [5.41, 5.74) is 1.53. The Kier molecular flexibility index (Phi) is 5.82. The Balaban J connectivity index is 1.80. The lowest BCUT2D eigenvalue weighted by Gasteiger charge is -2.30. The second-order valence-corrected chi connectivity index (χ2v) is 7.03. The van der Waals surface area contributed by atoms with Gasteiger partial charge in [0.05, 0.1) is 5.56 Å². The second-order valence-electron chi connectivity index (χ2n) is 7.03. The second kappa shape index (κ2) is 8.29. The van der Waals surface area contributed by atoms with E-state index >= 15 is 0 Å². The van der Waals surface area contributed by atoms with E-state index in [1.54, 1.807) is 24.2 Å². The lowest BCUT2D eigenvalue weighted by molar-refractivity contribution is -0.135. The number of benzene rings is 1. The zero-order valence-electron chi connectivity index (χ0n) is 16.1. The fraction of sp³-hybridized carbons (Fsp3) is 0.381. The summed E-state index contributed by atoms with van der Waals surface area (Å²) < 4.78 is 0. The first kappa shape index (κ1) is 19.7. The van der Waals surface area contributed by atoms with Crippen molar-refractivity contribution >= 4 is 11.8 Å². The molecule has 1 aliphatic rings. The first-order chi connectivity index (χ1) is 13.4. The zero-order valence-corrected chi connectivity index (χ0v) is 16.1. The molecule has 1 fully saturated rings. The standard InChI is InChI=1S/C21H25N3O4/c1-3-23(13-15-6-4-8-22-12-15)21(28)17-7-5-9-24(17)20(27)16-10-14(2)18(25)11-19(16)26/h4,6,8,10-12,17,25-26H,3,5,7,9,13H2,1-2H3/t17-/m0/s1. The van der Waals surface area contributed by atoms with Crippen LogP contribution >= 0.6 is 0 Å². The third-order valence-electron chi connectivity index (χ3n) is 5.13. The highest BCUT2D eigenvalue weighted by molar-refractivity contribution is 6.00. The molecule has 148 valence electrons. The number of amides is 2. The highest BCUT2D eigenvalue weighted by Crippen LogP contribution is 2.30. The largest absolute Gasteiger partial charge is 0.508 e. The summed E-state index contributed by atoms with van der Waals surface area (Å²) in [4.78, 5) is 33.5. The normalized spacial score (nSPS) is 16.2. The van der Waals surface area contributed by atoms with Gasteiger partial charge < -0.3 is 20.0 Å². The van der Waals surface area contributed by atoms with Crippen molar-refractivity contribution in [2.24, 2.45) is 0 Å². The van der Waals surface area contributed by atoms with E-state index in [9.17, 15) is 19.8 Å². The maximum absolute atomic E-state index is 13.1. The Morgan fingerprint density at radius 2 is 2.07 bits per heavy atom. The van der Waals surface area contributed by atoms with E-state index in [1.807, 2.05) is 19.1 Å². The molecule has 1 saturated heterocycles. The van der Waals surface area contributed by atoms with E-state index in [-0.39, 0.29) is 23.0 Å². The van der Waals surface area contributed by atoms with Crippen LogP contribution in [0.15, 0.2) is 36.7 Å². The van der Waals surface area contributed by atoms with E-state index in [0.29, 0.717) is 31.6 Å². The van der Waals surface area contributed by atoms with Crippen LogP contribution in [0.25, 0.3) is 0 Å². The first-order valence-corrected chi connectivity index (χ1v) is 9.43. The monoisotopic (exact) mass is 383 g/mol. The van der Waals surface area contributed by atoms with Gasteiger partial charge in [-0.15, -0.1) is 0 Å². The van der Waals surface area contributed by atoms with Gasteiger partial charge >= 0.3 is 0 Å². The Hall–Kier alpha value is -3.09. The highest BCUT2D eigenvalue weighted by atomic mass is 16.3. The van der Waals surface area contributed by atoms with Crippen molar-refractivity contribution in [3.05, 3.63) is 53.3 Å². The van der Waals surface area contributed by atoms with Crippen molar-refractivity contribution in [2.45, 2.75) is 39.3 Å². The number of carbonyl (C=O) groups is 2. The SMILES string of the molecule is CCN(Cc1cccnc1)C(=O)[C@@H]1CCCN1C(=O)c1cc(C)c(O)cc1O. The van der Waals surface area contributed by atoms with Gasteiger partial charge in [0.15, 0.2) is 0 Å². The van der Waals surface area contributed by atoms with E-state index in [4.69, 9.17) is 0 Å². The third kappa shape index (κ3) is 3.93. The van der Waals surface area contributed by atoms with Crippen molar-refractivity contribution in [1.29, 1.82) is 0 Å². The molecule has 1 aliphatic heterocycles. The topological polar surface area (TPSA) is 94.0 Å². The van der Waals surface area contributed by atoms with Crippen molar-refractivity contribution in [3.63, 3.8) is 0 Å². The van der Waals surface area contributed by atoms with Gasteiger partial charge in [-0.1, -0.05) is 6.07 Å². The number of nitrogens with zero attached hydrogens (tertiary/aromatic N) is 3. The number of aromatic nitrogens is 1. The summed E-state index contributed by atoms with van der Waals surface area (Å²) in [6.07, 6.45) is 4.73. The molecule has 28 heavy (non-hydrogen) atoms. The number of rotatable bonds is 5. The minimum absolute atomic E-state index is 0.0725. The summed E-state index contributed by atoms with van der Waals surface area (Å²) in [6.45, 7) is 4.98. The molecule has 0 aliphatic carbocycles. The minimum atomic E-state index is -0.558. The molecule has 0 bridgehead atoms. The summed E-state index contributed by atoms with van der Waals surface area (Å²) >= 11 is 0. The van der Waals surface area contributed by atoms with Crippen LogP contribution in [0.4, 0.5) is 0 Å². The molecule has 7 nitrogen and oxygen atoms in total. The molecular formula is C21H25N3O4. The fourth-order valence-electron chi connectivity index (χ4n) is 3.55. The fourth-order valence-corrected chi connectivity index (χ4v) is 3.55. The molecule has 1 atom stereocenters. The lowest BCUT2D eigenvalue weighted by atomic mass is 10.1. The predicted octanol–water partition coefficient (Wildman–Crippen LogP) is 2.45. The van der Waals surface area contributed by atoms with Crippen LogP contribution in [0.1, 0.15) is 41.3 Å². The molecule has 0 unspecified atom stereocenters. The predicted molar refractivity (Wildman–Crippen MR) is 104 cm³/mol. The van der Waals surface area contributed by atoms with Crippen LogP contribution in [-0.4, -0.2) is 55.9 Å². The van der Waals surface area contributed by atoms with Gasteiger partial charge in [-0.25, -0.2) is 0 Å². The van der Waals surface area contributed by atoms with Gasteiger partial charge in [-0.05, 0) is 49.9 Å². The van der Waals surface area contributed by atoms with Gasteiger partial charge in [0.2, 0.25) is 5.91 Å². The molecule has 0 spiro atoms. The summed E-state index contributed by atoms with van der Waals surface area (Å²) in [7, 11) is 0. The third-order valence-corrected chi connectivity index (χ3v) is 5.13. The Morgan fingerprint density at radius 3 is 2.75 bits per heavy atom. The number of hydrogen-bond acceptors (Lipinski definition) is 5. The molecule has 3 rings (SSSR count). The summed E-state index contributed by atoms with van der Waals surface area (Å²) in [5.74, 6) is -0.855. The first-order valence-electron chi connectivity index (χ1n) is 9.43. The molecule has 2 amide bonds. The smallest absolute Gasteiger partial charge is 0.258 e. The number of phenols is 2. The molecular weight excluding hydrogens is 358 g/mol. The molecule has 1 aromatic heterocycles. The molecule has 2 heterocycles. The number of aromatic hydroxyl groups is 2. The summed E-state index contributed by atoms with van der Waals surface area (Å²) in [5, 5.41) is 19.8. The Morgan fingerprint density at radius 1 is 1.29 bits per heavy atom. The van der Waals surface area contributed by atoms with Crippen LogP contribution in [-0.2, 0) is 11.3 Å². The number of hydrogen-bond donors (Lipinski definition) is 2. The van der Waals surface area contributed by atoms with Gasteiger partial charge in [0.25, 0.3) is 5.91 Å². The number of phenolic OH excluding ortho intramolecular Hbond substituents is 2. The maximum Gasteiger partial charge on any atom is 0.258 e. The van der Waals surface area contributed by atoms with E-state index in [2.05, 4.69) is 4.98 Å². The van der Waals surface area contributed by atoms with Gasteiger partial charge in [0.1, 0.15) is 17.5 Å². The maximum atomic E-state index is 13.1. The Bertz CT molecular complexity index is 869. The molecule has 0 radical (unpaired) electrons. The molecule has 1 aromatic carbocycles. The number of aryl methyl sites for hydroxylation is 1. The van der Waals surface area contributed by atoms with Gasteiger partial charge in [-0.2, -0.15) is 0 Å². The minimum Gasteiger partial charge on any atom is -0.508 e.